The number of benzene rings is 1. The van der Waals surface area contributed by atoms with Crippen LogP contribution in [0.5, 0.6) is 0 Å². The van der Waals surface area contributed by atoms with E-state index < -0.39 is 12.0 Å². The van der Waals surface area contributed by atoms with Crippen LogP contribution in [-0.4, -0.2) is 69.4 Å². The van der Waals surface area contributed by atoms with E-state index in [1.807, 2.05) is 27.0 Å². The van der Waals surface area contributed by atoms with Gasteiger partial charge in [-0.05, 0) is 107 Å². The van der Waals surface area contributed by atoms with Crippen LogP contribution in [0.4, 0.5) is 4.39 Å². The number of aliphatic carboxylic acids is 1. The number of carboxylic acids is 1. The molecule has 1 saturated heterocycles. The van der Waals surface area contributed by atoms with Crippen molar-refractivity contribution in [3.8, 4) is 0 Å². The van der Waals surface area contributed by atoms with Gasteiger partial charge in [0.2, 0.25) is 0 Å². The predicted octanol–water partition coefficient (Wildman–Crippen LogP) is 6.19. The molecule has 0 unspecified atom stereocenters. The van der Waals surface area contributed by atoms with Gasteiger partial charge < -0.3 is 10.0 Å². The van der Waals surface area contributed by atoms with Crippen LogP contribution >= 0.6 is 37.2 Å². The fourth-order valence-electron chi connectivity index (χ4n) is 7.83. The van der Waals surface area contributed by atoms with E-state index in [1.165, 1.54) is 36.6 Å². The summed E-state index contributed by atoms with van der Waals surface area (Å²) in [4.78, 5) is 16.8. The highest BCUT2D eigenvalue weighted by atomic mass is 35.5. The molecule has 0 radical (unpaired) electrons. The van der Waals surface area contributed by atoms with Gasteiger partial charge in [-0.2, -0.15) is 5.10 Å². The summed E-state index contributed by atoms with van der Waals surface area (Å²) in [7, 11) is 1.97. The van der Waals surface area contributed by atoms with Gasteiger partial charge in [-0.1, -0.05) is 26.0 Å². The van der Waals surface area contributed by atoms with Crippen molar-refractivity contribution in [3.05, 3.63) is 53.1 Å². The topological polar surface area (TPSA) is 61.6 Å². The monoisotopic (exact) mass is 618 g/mol. The highest BCUT2D eigenvalue weighted by Crippen LogP contribution is 2.48. The molecule has 1 aromatic carbocycles. The summed E-state index contributed by atoms with van der Waals surface area (Å²) in [6.45, 7) is 10.2. The van der Waals surface area contributed by atoms with Gasteiger partial charge in [-0.15, -0.1) is 37.2 Å². The number of nitrogens with zero attached hydrogens (tertiary/aromatic N) is 4. The molecular weight excluding hydrogens is 574 g/mol. The van der Waals surface area contributed by atoms with E-state index in [0.717, 1.165) is 51.0 Å². The average Bonchev–Trinajstić information content (AvgIpc) is 3.56. The number of halogens is 4. The minimum absolute atomic E-state index is 0. The molecule has 10 heteroatoms. The summed E-state index contributed by atoms with van der Waals surface area (Å²) >= 11 is 0. The largest absolute Gasteiger partial charge is 0.480 e. The Morgan fingerprint density at radius 3 is 2.48 bits per heavy atom. The number of rotatable bonds is 8. The van der Waals surface area contributed by atoms with E-state index in [2.05, 4.69) is 38.8 Å². The maximum absolute atomic E-state index is 14.2. The molecular formula is C30H46Cl3FN4O2. The fraction of sp³-hybridized carbons (Fsp3) is 0.667. The van der Waals surface area contributed by atoms with Crippen molar-refractivity contribution >= 4 is 43.2 Å². The second kappa shape index (κ2) is 14.2. The highest BCUT2D eigenvalue weighted by Gasteiger charge is 2.45. The number of fused-ring (bicyclic) bond motifs is 2. The Morgan fingerprint density at radius 1 is 1.18 bits per heavy atom. The Hall–Kier alpha value is -1.38. The standard InChI is InChI=1S/C30H43FN4O2.3ClH/c1-5-35-27-9-10-30(26(27)18-32-35)11-13-34(14-12-30)19-22-16-24(33(4)28(20(2)3)29(36)37)17-25(22)21-7-6-8-23(31)15-21;;;/h6-8,15,18,20,22,24-25,28H,5,9-14,16-17,19H2,1-4H3,(H,36,37);3*1H/t22-,24+,25-,28-;;;/m1.../s1. The molecule has 1 spiro atoms. The van der Waals surface area contributed by atoms with Gasteiger partial charge in [0.15, 0.2) is 0 Å². The number of hydrogen-bond donors (Lipinski definition) is 1. The number of hydrogen-bond acceptors (Lipinski definition) is 4. The van der Waals surface area contributed by atoms with Gasteiger partial charge in [-0.25, -0.2) is 4.39 Å². The van der Waals surface area contributed by atoms with Crippen molar-refractivity contribution in [1.29, 1.82) is 0 Å². The highest BCUT2D eigenvalue weighted by molar-refractivity contribution is 5.86. The smallest absolute Gasteiger partial charge is 0.321 e. The van der Waals surface area contributed by atoms with Crippen molar-refractivity contribution in [1.82, 2.24) is 19.6 Å². The number of likely N-dealkylation sites (tertiary alicyclic amines) is 1. The van der Waals surface area contributed by atoms with Gasteiger partial charge in [0.25, 0.3) is 0 Å². The van der Waals surface area contributed by atoms with Crippen molar-refractivity contribution in [2.75, 3.05) is 26.7 Å². The second-order valence-electron chi connectivity index (χ2n) is 12.1. The molecule has 2 heterocycles. The second-order valence-corrected chi connectivity index (χ2v) is 12.1. The molecule has 1 saturated carbocycles. The Morgan fingerprint density at radius 2 is 1.88 bits per heavy atom. The van der Waals surface area contributed by atoms with E-state index in [-0.39, 0.29) is 66.3 Å². The number of aromatic nitrogens is 2. The zero-order valence-corrected chi connectivity index (χ0v) is 26.5. The minimum Gasteiger partial charge on any atom is -0.480 e. The van der Waals surface area contributed by atoms with Crippen LogP contribution in [0, 0.1) is 17.7 Å². The van der Waals surface area contributed by atoms with Gasteiger partial charge in [0.05, 0.1) is 6.20 Å². The van der Waals surface area contributed by atoms with E-state index in [4.69, 9.17) is 0 Å². The first-order valence-electron chi connectivity index (χ1n) is 14.2. The first-order valence-corrected chi connectivity index (χ1v) is 14.2. The number of carbonyl (C=O) groups is 1. The van der Waals surface area contributed by atoms with Crippen LogP contribution in [0.3, 0.4) is 0 Å². The third kappa shape index (κ3) is 6.64. The summed E-state index contributed by atoms with van der Waals surface area (Å²) in [5.41, 5.74) is 4.27. The lowest BCUT2D eigenvalue weighted by Crippen LogP contribution is -2.47. The molecule has 1 N–H and O–H groups in total. The molecule has 3 aliphatic rings. The Kier molecular flexibility index (Phi) is 12.4. The summed E-state index contributed by atoms with van der Waals surface area (Å²) in [6.07, 6.45) is 8.67. The zero-order valence-electron chi connectivity index (χ0n) is 24.1. The fourth-order valence-corrected chi connectivity index (χ4v) is 7.83. The Labute approximate surface area is 257 Å². The van der Waals surface area contributed by atoms with Crippen LogP contribution in [0.15, 0.2) is 30.5 Å². The quantitative estimate of drug-likeness (QED) is 0.382. The molecule has 0 bridgehead atoms. The Bertz CT molecular complexity index is 1120. The van der Waals surface area contributed by atoms with Crippen LogP contribution in [0.1, 0.15) is 75.6 Å². The molecule has 2 aromatic rings. The van der Waals surface area contributed by atoms with E-state index in [0.29, 0.717) is 5.92 Å². The first kappa shape index (κ1) is 34.8. The molecule has 6 nitrogen and oxygen atoms in total. The van der Waals surface area contributed by atoms with E-state index >= 15 is 0 Å². The van der Waals surface area contributed by atoms with Crippen LogP contribution < -0.4 is 0 Å². The maximum atomic E-state index is 14.2. The van der Waals surface area contributed by atoms with Gasteiger partial charge in [-0.3, -0.25) is 14.4 Å². The number of likely N-dealkylation sites (N-methyl/N-ethyl adjacent to an activating group) is 1. The summed E-state index contributed by atoms with van der Waals surface area (Å²) in [6, 6.07) is 6.73. The normalized spacial score (nSPS) is 24.3. The van der Waals surface area contributed by atoms with Crippen LogP contribution in [-0.2, 0) is 23.2 Å². The van der Waals surface area contributed by atoms with Gasteiger partial charge in [0, 0.05) is 30.2 Å². The summed E-state index contributed by atoms with van der Waals surface area (Å²) < 4.78 is 16.4. The number of aryl methyl sites for hydroxylation is 1. The third-order valence-corrected chi connectivity index (χ3v) is 9.81. The molecule has 226 valence electrons. The number of carboxylic acid groups (broad SMARTS) is 1. The summed E-state index contributed by atoms with van der Waals surface area (Å²) in [5, 5.41) is 14.6. The minimum atomic E-state index is -0.757. The lowest BCUT2D eigenvalue weighted by molar-refractivity contribution is -0.145. The lowest BCUT2D eigenvalue weighted by Gasteiger charge is -2.41. The average molecular weight is 620 g/mol. The predicted molar refractivity (Wildman–Crippen MR) is 165 cm³/mol. The molecule has 40 heavy (non-hydrogen) atoms. The van der Waals surface area contributed by atoms with Crippen LogP contribution in [0.2, 0.25) is 0 Å². The van der Waals surface area contributed by atoms with E-state index in [9.17, 15) is 14.3 Å². The molecule has 5 rings (SSSR count). The molecule has 4 atom stereocenters. The van der Waals surface area contributed by atoms with Gasteiger partial charge >= 0.3 is 5.97 Å². The van der Waals surface area contributed by atoms with Crippen LogP contribution in [0.25, 0.3) is 0 Å². The SMILES string of the molecule is CCn1ncc2c1CCC21CCN(C[C@H]2C[C@H](N(C)[C@@H](C(=O)O)C(C)C)C[C@@H]2c2cccc(F)c2)CC1.Cl.Cl.Cl. The molecule has 2 fully saturated rings. The van der Waals surface area contributed by atoms with Gasteiger partial charge in [0.1, 0.15) is 11.9 Å². The third-order valence-electron chi connectivity index (χ3n) is 9.81. The van der Waals surface area contributed by atoms with Crippen molar-refractivity contribution in [2.24, 2.45) is 11.8 Å². The van der Waals surface area contributed by atoms with Crippen molar-refractivity contribution < 1.29 is 14.3 Å². The van der Waals surface area contributed by atoms with Crippen molar-refractivity contribution in [2.45, 2.75) is 89.3 Å². The molecule has 0 amide bonds. The Balaban J connectivity index is 0.00000187. The van der Waals surface area contributed by atoms with E-state index in [1.54, 1.807) is 6.07 Å². The zero-order chi connectivity index (χ0) is 26.3. The molecule has 1 aliphatic heterocycles. The lowest BCUT2D eigenvalue weighted by atomic mass is 9.74. The maximum Gasteiger partial charge on any atom is 0.321 e. The number of piperidine rings is 1. The molecule has 1 aromatic heterocycles. The summed E-state index contributed by atoms with van der Waals surface area (Å²) in [5.74, 6) is -0.302. The molecule has 2 aliphatic carbocycles. The first-order chi connectivity index (χ1) is 17.7. The van der Waals surface area contributed by atoms with Crippen molar-refractivity contribution in [3.63, 3.8) is 0 Å².